The molecule has 0 bridgehead atoms. The quantitative estimate of drug-likeness (QED) is 0.185. The maximum atomic E-state index is 12.4. The standard InChI is InChI=1S/C23H16BrClO4/c1-28-22-13-7-18(24)14-17(22)6-12-21(26)15-4-10-20(11-5-15)29-23(27)16-2-8-19(25)9-3-16/h2-14H,1H3/b12-6-. The summed E-state index contributed by atoms with van der Waals surface area (Å²) in [5.41, 5.74) is 1.64. The van der Waals surface area contributed by atoms with Crippen LogP contribution in [-0.4, -0.2) is 18.9 Å². The number of methoxy groups -OCH3 is 1. The van der Waals surface area contributed by atoms with Crippen LogP contribution >= 0.6 is 27.5 Å². The molecule has 0 spiro atoms. The van der Waals surface area contributed by atoms with E-state index < -0.39 is 5.97 Å². The van der Waals surface area contributed by atoms with Crippen molar-refractivity contribution in [3.8, 4) is 11.5 Å². The van der Waals surface area contributed by atoms with Crippen molar-refractivity contribution in [2.75, 3.05) is 7.11 Å². The normalized spacial score (nSPS) is 10.7. The topological polar surface area (TPSA) is 52.6 Å². The smallest absolute Gasteiger partial charge is 0.343 e. The SMILES string of the molecule is COc1ccc(Br)cc1/C=C\C(=O)c1ccc(OC(=O)c2ccc(Cl)cc2)cc1. The van der Waals surface area contributed by atoms with Gasteiger partial charge in [-0.1, -0.05) is 27.5 Å². The molecule has 4 nitrogen and oxygen atoms in total. The fourth-order valence-electron chi connectivity index (χ4n) is 2.54. The van der Waals surface area contributed by atoms with E-state index in [1.165, 1.54) is 6.08 Å². The minimum atomic E-state index is -0.498. The van der Waals surface area contributed by atoms with Crippen LogP contribution in [0.25, 0.3) is 6.08 Å². The summed E-state index contributed by atoms with van der Waals surface area (Å²) in [6.45, 7) is 0. The number of esters is 1. The number of ether oxygens (including phenoxy) is 2. The van der Waals surface area contributed by atoms with Gasteiger partial charge in [0.05, 0.1) is 12.7 Å². The fraction of sp³-hybridized carbons (Fsp3) is 0.0435. The third-order valence-electron chi connectivity index (χ3n) is 4.04. The van der Waals surface area contributed by atoms with Crippen molar-refractivity contribution in [2.24, 2.45) is 0 Å². The molecular weight excluding hydrogens is 456 g/mol. The highest BCUT2D eigenvalue weighted by Gasteiger charge is 2.09. The summed E-state index contributed by atoms with van der Waals surface area (Å²) in [5.74, 6) is 0.339. The first-order chi connectivity index (χ1) is 14.0. The zero-order valence-corrected chi connectivity index (χ0v) is 17.7. The predicted molar refractivity (Wildman–Crippen MR) is 117 cm³/mol. The predicted octanol–water partition coefficient (Wildman–Crippen LogP) is 6.23. The first-order valence-corrected chi connectivity index (χ1v) is 9.77. The van der Waals surface area contributed by atoms with Crippen LogP contribution in [0.4, 0.5) is 0 Å². The van der Waals surface area contributed by atoms with Gasteiger partial charge in [0.2, 0.25) is 0 Å². The van der Waals surface area contributed by atoms with E-state index >= 15 is 0 Å². The molecule has 0 unspecified atom stereocenters. The highest BCUT2D eigenvalue weighted by molar-refractivity contribution is 9.10. The van der Waals surface area contributed by atoms with Crippen LogP contribution in [0.5, 0.6) is 11.5 Å². The molecule has 6 heteroatoms. The highest BCUT2D eigenvalue weighted by atomic mass is 79.9. The molecule has 0 fully saturated rings. The van der Waals surface area contributed by atoms with Gasteiger partial charge in [0.15, 0.2) is 5.78 Å². The summed E-state index contributed by atoms with van der Waals surface area (Å²) in [5, 5.41) is 0.540. The van der Waals surface area contributed by atoms with E-state index in [4.69, 9.17) is 21.1 Å². The fourth-order valence-corrected chi connectivity index (χ4v) is 3.04. The molecule has 3 aromatic carbocycles. The van der Waals surface area contributed by atoms with Crippen LogP contribution in [0, 0.1) is 0 Å². The lowest BCUT2D eigenvalue weighted by molar-refractivity contribution is 0.0734. The molecule has 29 heavy (non-hydrogen) atoms. The van der Waals surface area contributed by atoms with Gasteiger partial charge in [-0.15, -0.1) is 0 Å². The van der Waals surface area contributed by atoms with Crippen molar-refractivity contribution < 1.29 is 19.1 Å². The van der Waals surface area contributed by atoms with Gasteiger partial charge in [0.25, 0.3) is 0 Å². The van der Waals surface area contributed by atoms with Crippen molar-refractivity contribution in [1.82, 2.24) is 0 Å². The van der Waals surface area contributed by atoms with Crippen LogP contribution in [-0.2, 0) is 0 Å². The monoisotopic (exact) mass is 470 g/mol. The highest BCUT2D eigenvalue weighted by Crippen LogP contribution is 2.24. The molecule has 0 atom stereocenters. The first kappa shape index (κ1) is 20.8. The van der Waals surface area contributed by atoms with Crippen molar-refractivity contribution >= 4 is 45.4 Å². The number of hydrogen-bond donors (Lipinski definition) is 0. The Balaban J connectivity index is 1.68. The Morgan fingerprint density at radius 3 is 2.24 bits per heavy atom. The van der Waals surface area contributed by atoms with Crippen molar-refractivity contribution in [1.29, 1.82) is 0 Å². The Labute approximate surface area is 181 Å². The second kappa shape index (κ2) is 9.54. The van der Waals surface area contributed by atoms with E-state index in [0.29, 0.717) is 27.6 Å². The van der Waals surface area contributed by atoms with Gasteiger partial charge in [0, 0.05) is 20.6 Å². The van der Waals surface area contributed by atoms with E-state index in [-0.39, 0.29) is 5.78 Å². The van der Waals surface area contributed by atoms with E-state index in [1.54, 1.807) is 61.7 Å². The zero-order chi connectivity index (χ0) is 20.8. The number of carbonyl (C=O) groups excluding carboxylic acids is 2. The number of hydrogen-bond acceptors (Lipinski definition) is 4. The summed E-state index contributed by atoms with van der Waals surface area (Å²) < 4.78 is 11.5. The Hall–Kier alpha value is -2.89. The second-order valence-electron chi connectivity index (χ2n) is 6.00. The molecule has 0 saturated carbocycles. The number of halogens is 2. The van der Waals surface area contributed by atoms with Crippen molar-refractivity contribution in [2.45, 2.75) is 0 Å². The molecule has 0 aliphatic carbocycles. The van der Waals surface area contributed by atoms with Gasteiger partial charge in [-0.05, 0) is 78.9 Å². The summed E-state index contributed by atoms with van der Waals surface area (Å²) in [4.78, 5) is 24.6. The number of benzene rings is 3. The molecule has 0 N–H and O–H groups in total. The lowest BCUT2D eigenvalue weighted by Crippen LogP contribution is -2.08. The molecule has 0 heterocycles. The molecule has 0 aliphatic heterocycles. The molecule has 0 aliphatic rings. The van der Waals surface area contributed by atoms with Crippen LogP contribution in [0.15, 0.2) is 77.3 Å². The maximum absolute atomic E-state index is 12.4. The molecule has 0 saturated heterocycles. The van der Waals surface area contributed by atoms with Gasteiger partial charge in [-0.3, -0.25) is 4.79 Å². The summed E-state index contributed by atoms with van der Waals surface area (Å²) in [6.07, 6.45) is 3.17. The Bertz CT molecular complexity index is 1060. The van der Waals surface area contributed by atoms with Crippen LogP contribution in [0.2, 0.25) is 5.02 Å². The molecule has 3 rings (SSSR count). The van der Waals surface area contributed by atoms with Crippen LogP contribution in [0.1, 0.15) is 26.3 Å². The number of rotatable bonds is 6. The van der Waals surface area contributed by atoms with Gasteiger partial charge in [-0.2, -0.15) is 0 Å². The maximum Gasteiger partial charge on any atom is 0.343 e. The summed E-state index contributed by atoms with van der Waals surface area (Å²) in [7, 11) is 1.58. The largest absolute Gasteiger partial charge is 0.496 e. The van der Waals surface area contributed by atoms with Crippen LogP contribution in [0.3, 0.4) is 0 Å². The first-order valence-electron chi connectivity index (χ1n) is 8.60. The van der Waals surface area contributed by atoms with E-state index in [1.807, 2.05) is 18.2 Å². The van der Waals surface area contributed by atoms with Gasteiger partial charge in [-0.25, -0.2) is 4.79 Å². The minimum absolute atomic E-state index is 0.178. The molecule has 0 radical (unpaired) electrons. The number of allylic oxidation sites excluding steroid dienone is 1. The zero-order valence-electron chi connectivity index (χ0n) is 15.4. The Morgan fingerprint density at radius 2 is 1.59 bits per heavy atom. The molecular formula is C23H16BrClO4. The Kier molecular flexibility index (Phi) is 6.86. The third-order valence-corrected chi connectivity index (χ3v) is 4.78. The second-order valence-corrected chi connectivity index (χ2v) is 7.36. The lowest BCUT2D eigenvalue weighted by atomic mass is 10.1. The summed E-state index contributed by atoms with van der Waals surface area (Å²) >= 11 is 9.22. The summed E-state index contributed by atoms with van der Waals surface area (Å²) in [6, 6.07) is 18.3. The number of carbonyl (C=O) groups is 2. The Morgan fingerprint density at radius 1 is 0.931 bits per heavy atom. The van der Waals surface area contributed by atoms with Gasteiger partial charge in [0.1, 0.15) is 11.5 Å². The minimum Gasteiger partial charge on any atom is -0.496 e. The van der Waals surface area contributed by atoms with Gasteiger partial charge >= 0.3 is 5.97 Å². The van der Waals surface area contributed by atoms with E-state index in [2.05, 4.69) is 15.9 Å². The molecule has 3 aromatic rings. The van der Waals surface area contributed by atoms with Crippen LogP contribution < -0.4 is 9.47 Å². The van der Waals surface area contributed by atoms with E-state index in [0.717, 1.165) is 10.0 Å². The molecule has 0 amide bonds. The van der Waals surface area contributed by atoms with Gasteiger partial charge < -0.3 is 9.47 Å². The molecule has 0 aromatic heterocycles. The number of ketones is 1. The third kappa shape index (κ3) is 5.56. The average Bonchev–Trinajstić information content (AvgIpc) is 2.73. The average molecular weight is 472 g/mol. The van der Waals surface area contributed by atoms with Crippen molar-refractivity contribution in [3.63, 3.8) is 0 Å². The van der Waals surface area contributed by atoms with Crippen molar-refractivity contribution in [3.05, 3.63) is 99.0 Å². The molecule has 146 valence electrons. The lowest BCUT2D eigenvalue weighted by Gasteiger charge is -2.06. The van der Waals surface area contributed by atoms with E-state index in [9.17, 15) is 9.59 Å².